The topological polar surface area (TPSA) is 97.7 Å². The summed E-state index contributed by atoms with van der Waals surface area (Å²) in [5.74, 6) is 0. The number of sulfonamides is 1. The Bertz CT molecular complexity index is 1480. The quantitative estimate of drug-likeness (QED) is 0.413. The van der Waals surface area contributed by atoms with Gasteiger partial charge in [0.25, 0.3) is 10.0 Å². The molecule has 0 unspecified atom stereocenters. The van der Waals surface area contributed by atoms with Crippen molar-refractivity contribution in [3.05, 3.63) is 83.3 Å². The van der Waals surface area contributed by atoms with E-state index in [9.17, 15) is 8.42 Å². The molecule has 0 atom stereocenters. The van der Waals surface area contributed by atoms with Gasteiger partial charge in [-0.15, -0.1) is 0 Å². The van der Waals surface area contributed by atoms with Crippen LogP contribution in [0.5, 0.6) is 0 Å². The molecule has 1 N–H and O–H groups in total. The van der Waals surface area contributed by atoms with E-state index in [0.29, 0.717) is 23.4 Å². The SMILES string of the molecule is CCc1ncnc(-c2ccnc(C)c2)c1-c1cnc(C)c(NS(=O)(=O)c2ccc(C)cc2C)c1. The molecule has 4 aromatic rings. The van der Waals surface area contributed by atoms with Gasteiger partial charge in [-0.1, -0.05) is 24.6 Å². The van der Waals surface area contributed by atoms with Gasteiger partial charge >= 0.3 is 0 Å². The van der Waals surface area contributed by atoms with Crippen LogP contribution < -0.4 is 4.72 Å². The number of nitrogens with one attached hydrogen (secondary N) is 1. The number of aromatic nitrogens is 4. The van der Waals surface area contributed by atoms with Gasteiger partial charge < -0.3 is 0 Å². The molecule has 1 aromatic carbocycles. The van der Waals surface area contributed by atoms with Crippen molar-refractivity contribution in [3.63, 3.8) is 0 Å². The molecule has 0 fully saturated rings. The highest BCUT2D eigenvalue weighted by molar-refractivity contribution is 7.92. The van der Waals surface area contributed by atoms with Crippen molar-refractivity contribution in [2.75, 3.05) is 4.72 Å². The second-order valence-corrected chi connectivity index (χ2v) is 9.97. The molecule has 3 aromatic heterocycles. The molecule has 0 aliphatic heterocycles. The number of benzene rings is 1. The summed E-state index contributed by atoms with van der Waals surface area (Å²) in [7, 11) is -3.80. The van der Waals surface area contributed by atoms with E-state index < -0.39 is 10.0 Å². The summed E-state index contributed by atoms with van der Waals surface area (Å²) in [5.41, 5.74) is 7.66. The molecule has 8 heteroatoms. The monoisotopic (exact) mass is 473 g/mol. The molecule has 7 nitrogen and oxygen atoms in total. The average molecular weight is 474 g/mol. The average Bonchev–Trinajstić information content (AvgIpc) is 2.79. The van der Waals surface area contributed by atoms with Crippen molar-refractivity contribution in [2.45, 2.75) is 45.9 Å². The number of hydrogen-bond donors (Lipinski definition) is 1. The molecular formula is C26H27N5O2S. The van der Waals surface area contributed by atoms with E-state index >= 15 is 0 Å². The van der Waals surface area contributed by atoms with Crippen molar-refractivity contribution in [1.29, 1.82) is 0 Å². The van der Waals surface area contributed by atoms with Gasteiger partial charge in [-0.2, -0.15) is 0 Å². The zero-order chi connectivity index (χ0) is 24.5. The highest BCUT2D eigenvalue weighted by atomic mass is 32.2. The molecule has 0 spiro atoms. The summed E-state index contributed by atoms with van der Waals surface area (Å²) in [4.78, 5) is 18.1. The minimum absolute atomic E-state index is 0.244. The standard InChI is InChI=1S/C26H27N5O2S/c1-6-22-25(26(30-15-29-22)20-9-10-27-18(4)12-20)21-13-23(19(5)28-14-21)31-34(32,33)24-8-7-16(2)11-17(24)3/h7-15,31H,6H2,1-5H3. The molecule has 0 amide bonds. The molecule has 4 rings (SSSR count). The van der Waals surface area contributed by atoms with E-state index in [4.69, 9.17) is 0 Å². The second kappa shape index (κ2) is 9.30. The Hall–Kier alpha value is -3.65. The predicted octanol–water partition coefficient (Wildman–Crippen LogP) is 5.20. The van der Waals surface area contributed by atoms with E-state index in [-0.39, 0.29) is 4.90 Å². The van der Waals surface area contributed by atoms with Crippen LogP contribution in [0.4, 0.5) is 5.69 Å². The first-order chi connectivity index (χ1) is 16.2. The fourth-order valence-electron chi connectivity index (χ4n) is 3.98. The van der Waals surface area contributed by atoms with Crippen molar-refractivity contribution in [3.8, 4) is 22.4 Å². The number of aryl methyl sites for hydroxylation is 5. The molecule has 0 aliphatic carbocycles. The van der Waals surface area contributed by atoms with Crippen LogP contribution in [0.25, 0.3) is 22.4 Å². The summed E-state index contributed by atoms with van der Waals surface area (Å²) >= 11 is 0. The number of pyridine rings is 2. The normalized spacial score (nSPS) is 11.4. The van der Waals surface area contributed by atoms with Crippen LogP contribution in [0.2, 0.25) is 0 Å². The maximum Gasteiger partial charge on any atom is 0.262 e. The molecule has 34 heavy (non-hydrogen) atoms. The van der Waals surface area contributed by atoms with Gasteiger partial charge in [-0.05, 0) is 63.9 Å². The summed E-state index contributed by atoms with van der Waals surface area (Å²) in [6.45, 7) is 9.46. The molecule has 0 saturated carbocycles. The lowest BCUT2D eigenvalue weighted by atomic mass is 9.97. The largest absolute Gasteiger partial charge is 0.278 e. The van der Waals surface area contributed by atoms with Crippen LogP contribution in [-0.4, -0.2) is 28.4 Å². The summed E-state index contributed by atoms with van der Waals surface area (Å²) in [5, 5.41) is 0. The summed E-state index contributed by atoms with van der Waals surface area (Å²) in [6.07, 6.45) is 5.73. The van der Waals surface area contributed by atoms with Crippen LogP contribution in [0.3, 0.4) is 0 Å². The fourth-order valence-corrected chi connectivity index (χ4v) is 5.32. The Labute approximate surface area is 200 Å². The van der Waals surface area contributed by atoms with Gasteiger partial charge in [0.1, 0.15) is 6.33 Å². The van der Waals surface area contributed by atoms with Crippen LogP contribution >= 0.6 is 0 Å². The minimum Gasteiger partial charge on any atom is -0.278 e. The van der Waals surface area contributed by atoms with Gasteiger partial charge in [-0.25, -0.2) is 18.4 Å². The lowest BCUT2D eigenvalue weighted by Crippen LogP contribution is -2.15. The van der Waals surface area contributed by atoms with E-state index in [0.717, 1.165) is 39.3 Å². The zero-order valence-electron chi connectivity index (χ0n) is 19.9. The maximum atomic E-state index is 13.2. The van der Waals surface area contributed by atoms with E-state index in [1.807, 2.05) is 39.0 Å². The van der Waals surface area contributed by atoms with Crippen LogP contribution in [0.1, 0.15) is 35.1 Å². The van der Waals surface area contributed by atoms with Gasteiger partial charge in [-0.3, -0.25) is 14.7 Å². The first kappa shape index (κ1) is 23.5. The lowest BCUT2D eigenvalue weighted by Gasteiger charge is -2.16. The molecule has 0 radical (unpaired) electrons. The summed E-state index contributed by atoms with van der Waals surface area (Å²) in [6, 6.07) is 11.0. The summed E-state index contributed by atoms with van der Waals surface area (Å²) < 4.78 is 29.2. The van der Waals surface area contributed by atoms with E-state index in [1.165, 1.54) is 0 Å². The molecular weight excluding hydrogens is 446 g/mol. The van der Waals surface area contributed by atoms with Crippen LogP contribution in [0, 0.1) is 27.7 Å². The molecule has 0 bridgehead atoms. The smallest absolute Gasteiger partial charge is 0.262 e. The van der Waals surface area contributed by atoms with Gasteiger partial charge in [0.15, 0.2) is 0 Å². The highest BCUT2D eigenvalue weighted by Crippen LogP contribution is 2.34. The first-order valence-electron chi connectivity index (χ1n) is 11.0. The van der Waals surface area contributed by atoms with Crippen molar-refractivity contribution in [1.82, 2.24) is 19.9 Å². The van der Waals surface area contributed by atoms with Crippen molar-refractivity contribution in [2.24, 2.45) is 0 Å². The number of hydrogen-bond acceptors (Lipinski definition) is 6. The second-order valence-electron chi connectivity index (χ2n) is 8.31. The van der Waals surface area contributed by atoms with Gasteiger partial charge in [0.05, 0.1) is 27.7 Å². The third kappa shape index (κ3) is 4.68. The number of rotatable bonds is 6. The fraction of sp³-hybridized carbons (Fsp3) is 0.231. The van der Waals surface area contributed by atoms with Crippen molar-refractivity contribution < 1.29 is 8.42 Å². The van der Waals surface area contributed by atoms with Gasteiger partial charge in [0.2, 0.25) is 0 Å². The van der Waals surface area contributed by atoms with E-state index in [2.05, 4.69) is 24.7 Å². The third-order valence-corrected chi connectivity index (χ3v) is 7.20. The Kier molecular flexibility index (Phi) is 6.43. The maximum absolute atomic E-state index is 13.2. The Balaban J connectivity index is 1.83. The predicted molar refractivity (Wildman–Crippen MR) is 134 cm³/mol. The Morgan fingerprint density at radius 1 is 0.882 bits per heavy atom. The van der Waals surface area contributed by atoms with Gasteiger partial charge in [0, 0.05) is 34.8 Å². The van der Waals surface area contributed by atoms with Crippen LogP contribution in [0.15, 0.2) is 60.0 Å². The van der Waals surface area contributed by atoms with Crippen molar-refractivity contribution >= 4 is 15.7 Å². The Morgan fingerprint density at radius 3 is 2.38 bits per heavy atom. The molecule has 0 saturated heterocycles. The lowest BCUT2D eigenvalue weighted by molar-refractivity contribution is 0.600. The number of nitrogens with zero attached hydrogens (tertiary/aromatic N) is 4. The zero-order valence-corrected chi connectivity index (χ0v) is 20.7. The highest BCUT2D eigenvalue weighted by Gasteiger charge is 2.21. The van der Waals surface area contributed by atoms with Crippen LogP contribution in [-0.2, 0) is 16.4 Å². The first-order valence-corrected chi connectivity index (χ1v) is 12.5. The molecule has 3 heterocycles. The molecule has 0 aliphatic rings. The Morgan fingerprint density at radius 2 is 1.68 bits per heavy atom. The minimum atomic E-state index is -3.80. The number of anilines is 1. The molecule has 174 valence electrons. The third-order valence-electron chi connectivity index (χ3n) is 5.67. The van der Waals surface area contributed by atoms with E-state index in [1.54, 1.807) is 50.8 Å².